The number of hydrogen-bond acceptors (Lipinski definition) is 8. The number of halogens is 1. The Morgan fingerprint density at radius 3 is 2.82 bits per heavy atom. The number of rotatable bonds is 9. The molecule has 10 nitrogen and oxygen atoms in total. The first-order chi connectivity index (χ1) is 21.4. The van der Waals surface area contributed by atoms with Crippen LogP contribution in [0.5, 0.6) is 0 Å². The van der Waals surface area contributed by atoms with Gasteiger partial charge in [-0.1, -0.05) is 18.2 Å². The molecule has 0 saturated heterocycles. The molecule has 2 aromatic carbocycles. The minimum absolute atomic E-state index is 0.0164. The maximum absolute atomic E-state index is 15.3. The Kier molecular flexibility index (Phi) is 7.03. The first kappa shape index (κ1) is 27.7. The number of pyridine rings is 2. The average Bonchev–Trinajstić information content (AvgIpc) is 3.79. The summed E-state index contributed by atoms with van der Waals surface area (Å²) in [5.41, 5.74) is 11.4. The summed E-state index contributed by atoms with van der Waals surface area (Å²) in [6.07, 6.45) is 7.16. The van der Waals surface area contributed by atoms with Crippen molar-refractivity contribution >= 4 is 33.4 Å². The number of H-pyrrole nitrogens is 1. The first-order valence-electron chi connectivity index (χ1n) is 14.4. The Labute approximate surface area is 251 Å². The van der Waals surface area contributed by atoms with Crippen molar-refractivity contribution in [3.63, 3.8) is 0 Å². The molecule has 6 aromatic rings. The maximum Gasteiger partial charge on any atom is 0.265 e. The number of benzene rings is 2. The van der Waals surface area contributed by atoms with E-state index in [0.29, 0.717) is 58.0 Å². The van der Waals surface area contributed by atoms with Gasteiger partial charge < -0.3 is 25.9 Å². The summed E-state index contributed by atoms with van der Waals surface area (Å²) < 4.78 is 21.8. The van der Waals surface area contributed by atoms with Crippen LogP contribution in [0, 0.1) is 5.82 Å². The lowest BCUT2D eigenvalue weighted by atomic mass is 10.00. The van der Waals surface area contributed by atoms with Crippen LogP contribution in [0.15, 0.2) is 71.9 Å². The number of nitrogens with two attached hydrogens (primary N) is 1. The van der Waals surface area contributed by atoms with E-state index in [1.807, 2.05) is 18.2 Å². The second-order valence-corrected chi connectivity index (χ2v) is 11.0. The number of fused-ring (bicyclic) bond motifs is 2. The van der Waals surface area contributed by atoms with Crippen LogP contribution in [0.4, 0.5) is 16.0 Å². The van der Waals surface area contributed by atoms with Crippen LogP contribution in [0.1, 0.15) is 29.9 Å². The zero-order valence-electron chi connectivity index (χ0n) is 24.0. The smallest absolute Gasteiger partial charge is 0.265 e. The highest BCUT2D eigenvalue weighted by Gasteiger charge is 2.25. The van der Waals surface area contributed by atoms with Crippen molar-refractivity contribution in [3.8, 4) is 28.2 Å². The van der Waals surface area contributed by atoms with Crippen LogP contribution in [-0.2, 0) is 11.3 Å². The van der Waals surface area contributed by atoms with E-state index in [1.165, 1.54) is 10.6 Å². The van der Waals surface area contributed by atoms with E-state index in [4.69, 9.17) is 10.5 Å². The molecular weight excluding hydrogens is 561 g/mol. The van der Waals surface area contributed by atoms with Gasteiger partial charge >= 0.3 is 0 Å². The fourth-order valence-electron chi connectivity index (χ4n) is 5.75. The zero-order valence-corrected chi connectivity index (χ0v) is 24.0. The van der Waals surface area contributed by atoms with Crippen molar-refractivity contribution in [3.05, 3.63) is 94.4 Å². The monoisotopic (exact) mass is 591 g/mol. The Morgan fingerprint density at radius 1 is 1.16 bits per heavy atom. The summed E-state index contributed by atoms with van der Waals surface area (Å²) in [6, 6.07) is 14.3. The summed E-state index contributed by atoms with van der Waals surface area (Å²) in [7, 11) is 1.65. The van der Waals surface area contributed by atoms with Crippen molar-refractivity contribution in [1.82, 2.24) is 24.5 Å². The molecule has 5 N–H and O–H groups in total. The molecule has 1 aliphatic carbocycles. The van der Waals surface area contributed by atoms with E-state index in [2.05, 4.69) is 25.3 Å². The molecular formula is C33H30FN7O3. The van der Waals surface area contributed by atoms with Crippen LogP contribution >= 0.6 is 0 Å². The molecule has 0 bridgehead atoms. The van der Waals surface area contributed by atoms with Crippen LogP contribution in [0.3, 0.4) is 0 Å². The number of aromatic amines is 1. The van der Waals surface area contributed by atoms with Gasteiger partial charge in [0.15, 0.2) is 0 Å². The summed E-state index contributed by atoms with van der Waals surface area (Å²) in [6.45, 7) is 0.790. The van der Waals surface area contributed by atoms with Crippen LogP contribution in [-0.4, -0.2) is 49.9 Å². The predicted octanol–water partition coefficient (Wildman–Crippen LogP) is 5.14. The van der Waals surface area contributed by atoms with Gasteiger partial charge in [-0.05, 0) is 60.0 Å². The third kappa shape index (κ3) is 4.95. The molecule has 0 spiro atoms. The molecule has 0 amide bonds. The second kappa shape index (κ2) is 11.2. The van der Waals surface area contributed by atoms with E-state index in [9.17, 15) is 9.90 Å². The number of nitrogen functional groups attached to an aromatic ring is 1. The largest absolute Gasteiger partial charge is 0.392 e. The number of nitrogens with zero attached hydrogens (tertiary/aromatic N) is 4. The topological polar surface area (TPSA) is 144 Å². The van der Waals surface area contributed by atoms with E-state index >= 15 is 4.39 Å². The van der Waals surface area contributed by atoms with Gasteiger partial charge in [0.1, 0.15) is 11.5 Å². The quantitative estimate of drug-likeness (QED) is 0.169. The Morgan fingerprint density at radius 2 is 2.02 bits per heavy atom. The Bertz CT molecular complexity index is 2100. The third-order valence-corrected chi connectivity index (χ3v) is 8.04. The lowest BCUT2D eigenvalue weighted by Gasteiger charge is -2.16. The molecule has 0 aliphatic heterocycles. The van der Waals surface area contributed by atoms with Crippen LogP contribution < -0.4 is 16.6 Å². The molecule has 0 atom stereocenters. The first-order valence-corrected chi connectivity index (χ1v) is 14.4. The van der Waals surface area contributed by atoms with Crippen LogP contribution in [0.2, 0.25) is 0 Å². The number of aliphatic hydroxyl groups excluding tert-OH is 1. The van der Waals surface area contributed by atoms with Crippen LogP contribution in [0.25, 0.3) is 50.0 Å². The van der Waals surface area contributed by atoms with Crippen molar-refractivity contribution in [2.75, 3.05) is 31.3 Å². The Hall–Kier alpha value is -5.13. The predicted molar refractivity (Wildman–Crippen MR) is 168 cm³/mol. The molecule has 11 heteroatoms. The number of aromatic nitrogens is 5. The molecule has 1 aliphatic rings. The average molecular weight is 592 g/mol. The van der Waals surface area contributed by atoms with Crippen molar-refractivity contribution < 1.29 is 14.2 Å². The lowest BCUT2D eigenvalue weighted by molar-refractivity contribution is 0.211. The summed E-state index contributed by atoms with van der Waals surface area (Å²) >= 11 is 0. The normalized spacial score (nSPS) is 13.2. The van der Waals surface area contributed by atoms with E-state index in [-0.39, 0.29) is 11.3 Å². The number of hydrogen-bond donors (Lipinski definition) is 4. The summed E-state index contributed by atoms with van der Waals surface area (Å²) in [5.74, 6) is -0.138. The van der Waals surface area contributed by atoms with Gasteiger partial charge in [-0.3, -0.25) is 14.3 Å². The van der Waals surface area contributed by atoms with Gasteiger partial charge in [-0.15, -0.1) is 0 Å². The molecule has 0 unspecified atom stereocenters. The molecule has 4 aromatic heterocycles. The number of aliphatic hydroxyl groups is 1. The Balaban J connectivity index is 1.34. The number of anilines is 2. The van der Waals surface area contributed by atoms with E-state index < -0.39 is 18.0 Å². The molecule has 0 radical (unpaired) electrons. The standard InChI is InChI=1S/C33H30FN7O3/c1-44-10-8-37-22-12-21(15-36-16-22)27-14-24-30(39-33(35)40-31(24)38-27)23-3-2-4-28(25(23)17-42)41-9-7-19-11-20(18-5-6-18)13-26(34)29(19)32(41)43/h2-4,7,9,11-16,18,37,42H,5-6,8,10,17H2,1H3,(H3,35,38,39,40). The lowest BCUT2D eigenvalue weighted by Crippen LogP contribution is -2.20. The van der Waals surface area contributed by atoms with E-state index in [0.717, 1.165) is 35.3 Å². The molecule has 4 heterocycles. The van der Waals surface area contributed by atoms with Crippen molar-refractivity contribution in [2.24, 2.45) is 0 Å². The van der Waals surface area contributed by atoms with Gasteiger partial charge in [0.2, 0.25) is 5.95 Å². The van der Waals surface area contributed by atoms with Gasteiger partial charge in [0, 0.05) is 60.0 Å². The van der Waals surface area contributed by atoms with Gasteiger partial charge in [-0.2, -0.15) is 4.98 Å². The number of ether oxygens (including phenoxy) is 1. The van der Waals surface area contributed by atoms with Crippen molar-refractivity contribution in [1.29, 1.82) is 0 Å². The zero-order chi connectivity index (χ0) is 30.4. The highest BCUT2D eigenvalue weighted by Crippen LogP contribution is 2.41. The number of nitrogens with one attached hydrogen (secondary N) is 2. The molecule has 1 fully saturated rings. The summed E-state index contributed by atoms with van der Waals surface area (Å²) in [4.78, 5) is 30.3. The molecule has 1 saturated carbocycles. The fraction of sp³-hybridized carbons (Fsp3) is 0.212. The van der Waals surface area contributed by atoms with Gasteiger partial charge in [-0.25, -0.2) is 9.37 Å². The maximum atomic E-state index is 15.3. The molecule has 44 heavy (non-hydrogen) atoms. The van der Waals surface area contributed by atoms with E-state index in [1.54, 1.807) is 50.0 Å². The number of methoxy groups -OCH3 is 1. The van der Waals surface area contributed by atoms with Gasteiger partial charge in [0.05, 0.1) is 35.7 Å². The van der Waals surface area contributed by atoms with Gasteiger partial charge in [0.25, 0.3) is 5.56 Å². The minimum atomic E-state index is -0.539. The minimum Gasteiger partial charge on any atom is -0.392 e. The van der Waals surface area contributed by atoms with Crippen molar-refractivity contribution in [2.45, 2.75) is 25.4 Å². The third-order valence-electron chi connectivity index (χ3n) is 8.04. The summed E-state index contributed by atoms with van der Waals surface area (Å²) in [5, 5.41) is 15.2. The fourth-order valence-corrected chi connectivity index (χ4v) is 5.75. The molecule has 222 valence electrons. The molecule has 7 rings (SSSR count). The highest BCUT2D eigenvalue weighted by molar-refractivity contribution is 5.96. The SMILES string of the molecule is COCCNc1cncc(-c2cc3c(-c4cccc(-n5ccc6cc(C7CC7)cc(F)c6c5=O)c4CO)nc(N)nc3[nH]2)c1. The second-order valence-electron chi connectivity index (χ2n) is 11.0. The highest BCUT2D eigenvalue weighted by atomic mass is 19.1.